The summed E-state index contributed by atoms with van der Waals surface area (Å²) in [6.45, 7) is 1.03. The molecule has 0 aromatic heterocycles. The lowest BCUT2D eigenvalue weighted by molar-refractivity contribution is -0.133. The summed E-state index contributed by atoms with van der Waals surface area (Å²) >= 11 is 0. The molecule has 2 aromatic rings. The number of aliphatic hydroxyl groups excluding tert-OH is 2. The SMILES string of the molecule is CN1C(=O)N(CC(O)CN2C(=O)N(CC(O)COC(=O)c3ccc(S(C)(=O)=O)cc3)C(=O)C2(C)C)C(=O)C1c1ccccc1. The number of amides is 6. The first-order valence-electron chi connectivity index (χ1n) is 13.6. The molecule has 4 rings (SSSR count). The molecule has 2 N–H and O–H groups in total. The molecule has 2 saturated heterocycles. The van der Waals surface area contributed by atoms with Gasteiger partial charge in [-0.2, -0.15) is 0 Å². The second-order valence-electron chi connectivity index (χ2n) is 11.2. The van der Waals surface area contributed by atoms with Gasteiger partial charge in [-0.1, -0.05) is 30.3 Å². The van der Waals surface area contributed by atoms with E-state index in [-0.39, 0.29) is 17.0 Å². The summed E-state index contributed by atoms with van der Waals surface area (Å²) in [5, 5.41) is 21.3. The number of imide groups is 2. The van der Waals surface area contributed by atoms with E-state index in [4.69, 9.17) is 4.74 Å². The van der Waals surface area contributed by atoms with Gasteiger partial charge in [-0.15, -0.1) is 0 Å². The molecule has 0 radical (unpaired) electrons. The normalized spacial score (nSPS) is 20.0. The van der Waals surface area contributed by atoms with E-state index in [9.17, 15) is 42.6 Å². The topological polar surface area (TPSA) is 182 Å². The minimum Gasteiger partial charge on any atom is -0.459 e. The number of aliphatic hydroxyl groups is 2. The number of benzene rings is 2. The zero-order valence-electron chi connectivity index (χ0n) is 24.6. The van der Waals surface area contributed by atoms with Crippen LogP contribution in [0.15, 0.2) is 59.5 Å². The molecule has 2 aliphatic rings. The van der Waals surface area contributed by atoms with Crippen LogP contribution in [0.1, 0.15) is 35.8 Å². The Morgan fingerprint density at radius 2 is 1.48 bits per heavy atom. The highest BCUT2D eigenvalue weighted by atomic mass is 32.2. The van der Waals surface area contributed by atoms with E-state index in [0.29, 0.717) is 5.56 Å². The zero-order chi connectivity index (χ0) is 32.6. The van der Waals surface area contributed by atoms with Crippen LogP contribution in [0.2, 0.25) is 0 Å². The number of nitrogens with zero attached hydrogens (tertiary/aromatic N) is 4. The van der Waals surface area contributed by atoms with Crippen LogP contribution in [0.25, 0.3) is 0 Å². The molecule has 3 unspecified atom stereocenters. The monoisotopic (exact) mass is 630 g/mol. The number of likely N-dealkylation sites (N-methyl/N-ethyl adjacent to an activating group) is 1. The van der Waals surface area contributed by atoms with Crippen molar-refractivity contribution in [1.29, 1.82) is 0 Å². The van der Waals surface area contributed by atoms with Gasteiger partial charge in [0.25, 0.3) is 11.8 Å². The summed E-state index contributed by atoms with van der Waals surface area (Å²) in [6, 6.07) is 11.4. The Balaban J connectivity index is 1.35. The second kappa shape index (κ2) is 12.3. The van der Waals surface area contributed by atoms with Gasteiger partial charge < -0.3 is 24.7 Å². The fraction of sp³-hybridized carbons (Fsp3) is 0.414. The summed E-state index contributed by atoms with van der Waals surface area (Å²) in [7, 11) is -1.98. The molecule has 6 amide bonds. The highest BCUT2D eigenvalue weighted by molar-refractivity contribution is 7.90. The second-order valence-corrected chi connectivity index (χ2v) is 13.2. The third-order valence-corrected chi connectivity index (χ3v) is 8.67. The summed E-state index contributed by atoms with van der Waals surface area (Å²) in [6.07, 6.45) is -1.81. The molecule has 0 spiro atoms. The number of carbonyl (C=O) groups is 5. The van der Waals surface area contributed by atoms with Crippen molar-refractivity contribution in [2.24, 2.45) is 0 Å². The Hall–Kier alpha value is -4.34. The maximum absolute atomic E-state index is 13.2. The van der Waals surface area contributed by atoms with Crippen LogP contribution < -0.4 is 0 Å². The Kier molecular flexibility index (Phi) is 9.13. The molecule has 44 heavy (non-hydrogen) atoms. The number of rotatable bonds is 11. The van der Waals surface area contributed by atoms with Crippen molar-refractivity contribution in [3.05, 3.63) is 65.7 Å². The molecule has 0 bridgehead atoms. The lowest BCUT2D eigenvalue weighted by Gasteiger charge is -2.30. The molecule has 0 saturated carbocycles. The molecule has 2 heterocycles. The predicted molar refractivity (Wildman–Crippen MR) is 154 cm³/mol. The smallest absolute Gasteiger partial charge is 0.338 e. The van der Waals surface area contributed by atoms with E-state index < -0.39 is 83.2 Å². The molecule has 2 aromatic carbocycles. The van der Waals surface area contributed by atoms with E-state index in [1.54, 1.807) is 30.3 Å². The van der Waals surface area contributed by atoms with Crippen molar-refractivity contribution in [1.82, 2.24) is 19.6 Å². The van der Waals surface area contributed by atoms with Gasteiger partial charge in [0.05, 0.1) is 36.2 Å². The van der Waals surface area contributed by atoms with Gasteiger partial charge in [0, 0.05) is 13.3 Å². The van der Waals surface area contributed by atoms with Gasteiger partial charge in [0.15, 0.2) is 9.84 Å². The maximum Gasteiger partial charge on any atom is 0.338 e. The Morgan fingerprint density at radius 1 is 0.886 bits per heavy atom. The van der Waals surface area contributed by atoms with E-state index in [0.717, 1.165) is 21.0 Å². The van der Waals surface area contributed by atoms with Crippen LogP contribution in [0.4, 0.5) is 9.59 Å². The third kappa shape index (κ3) is 6.44. The van der Waals surface area contributed by atoms with Crippen LogP contribution in [0.5, 0.6) is 0 Å². The van der Waals surface area contributed by atoms with Gasteiger partial charge in [-0.05, 0) is 43.7 Å². The lowest BCUT2D eigenvalue weighted by Crippen LogP contribution is -2.50. The predicted octanol–water partition coefficient (Wildman–Crippen LogP) is 0.647. The van der Waals surface area contributed by atoms with Gasteiger partial charge in [-0.3, -0.25) is 19.4 Å². The Bertz CT molecular complexity index is 1560. The lowest BCUT2D eigenvalue weighted by atomic mass is 10.0. The van der Waals surface area contributed by atoms with E-state index in [2.05, 4.69) is 0 Å². The fourth-order valence-corrected chi connectivity index (χ4v) is 5.73. The number of esters is 1. The van der Waals surface area contributed by atoms with Crippen molar-refractivity contribution in [2.75, 3.05) is 39.5 Å². The first kappa shape index (κ1) is 32.6. The van der Waals surface area contributed by atoms with Crippen molar-refractivity contribution in [2.45, 2.75) is 42.5 Å². The third-order valence-electron chi connectivity index (χ3n) is 7.55. The molecule has 3 atom stereocenters. The van der Waals surface area contributed by atoms with Crippen LogP contribution in [0, 0.1) is 0 Å². The molecule has 2 aliphatic heterocycles. The van der Waals surface area contributed by atoms with Crippen molar-refractivity contribution < 1.29 is 47.3 Å². The minimum atomic E-state index is -3.46. The van der Waals surface area contributed by atoms with Gasteiger partial charge >= 0.3 is 18.0 Å². The molecule has 0 aliphatic carbocycles. The Morgan fingerprint density at radius 3 is 2.07 bits per heavy atom. The molecular weight excluding hydrogens is 596 g/mol. The van der Waals surface area contributed by atoms with Crippen LogP contribution in [-0.2, 0) is 24.2 Å². The summed E-state index contributed by atoms with van der Waals surface area (Å²) in [4.78, 5) is 68.7. The van der Waals surface area contributed by atoms with Crippen molar-refractivity contribution in [3.63, 3.8) is 0 Å². The quantitative estimate of drug-likeness (QED) is 0.264. The highest BCUT2D eigenvalue weighted by Gasteiger charge is 2.52. The van der Waals surface area contributed by atoms with E-state index >= 15 is 0 Å². The molecular formula is C29H34N4O10S. The molecule has 15 heteroatoms. The number of sulfone groups is 1. The summed E-state index contributed by atoms with van der Waals surface area (Å²) in [5.41, 5.74) is -0.787. The number of carbonyl (C=O) groups excluding carboxylic acids is 5. The van der Waals surface area contributed by atoms with Gasteiger partial charge in [-0.25, -0.2) is 22.8 Å². The number of hydrogen-bond acceptors (Lipinski definition) is 10. The standard InChI is InChI=1S/C29H34N4O10S/c1-29(2)26(38)32(15-21(35)17-43-25(37)19-10-12-22(13-11-19)44(4,41)42)28(40)33(29)16-20(34)14-31-24(36)23(30(3)27(31)39)18-8-6-5-7-9-18/h5-13,20-21,23,34-35H,14-17H2,1-4H3. The molecule has 14 nitrogen and oxygen atoms in total. The van der Waals surface area contributed by atoms with Crippen LogP contribution >= 0.6 is 0 Å². The number of hydrogen-bond donors (Lipinski definition) is 2. The first-order valence-corrected chi connectivity index (χ1v) is 15.5. The summed E-state index contributed by atoms with van der Waals surface area (Å²) < 4.78 is 28.3. The first-order chi connectivity index (χ1) is 20.5. The number of β-amino-alcohol motifs (C(OH)–C–C–N with tert-alkyl or cyclic N) is 2. The van der Waals surface area contributed by atoms with Crippen LogP contribution in [0.3, 0.4) is 0 Å². The number of ether oxygens (including phenoxy) is 1. The largest absolute Gasteiger partial charge is 0.459 e. The van der Waals surface area contributed by atoms with Crippen molar-refractivity contribution >= 4 is 39.7 Å². The Labute approximate surface area is 254 Å². The fourth-order valence-electron chi connectivity index (χ4n) is 5.10. The van der Waals surface area contributed by atoms with Gasteiger partial charge in [0.1, 0.15) is 24.3 Å². The average Bonchev–Trinajstić information content (AvgIpc) is 3.27. The highest BCUT2D eigenvalue weighted by Crippen LogP contribution is 2.31. The molecule has 236 valence electrons. The summed E-state index contributed by atoms with van der Waals surface area (Å²) in [5.74, 6) is -2.05. The average molecular weight is 631 g/mol. The maximum atomic E-state index is 13.2. The van der Waals surface area contributed by atoms with Gasteiger partial charge in [0.2, 0.25) is 0 Å². The van der Waals surface area contributed by atoms with Crippen molar-refractivity contribution in [3.8, 4) is 0 Å². The zero-order valence-corrected chi connectivity index (χ0v) is 25.4. The minimum absolute atomic E-state index is 0.0137. The molecule has 2 fully saturated rings. The van der Waals surface area contributed by atoms with E-state index in [1.807, 2.05) is 0 Å². The number of urea groups is 2. The van der Waals surface area contributed by atoms with E-state index in [1.165, 1.54) is 50.1 Å². The van der Waals surface area contributed by atoms with Crippen LogP contribution in [-0.4, -0.2) is 125 Å².